The number of benzene rings is 1. The van der Waals surface area contributed by atoms with Crippen LogP contribution < -0.4 is 0 Å². The molecule has 0 saturated heterocycles. The van der Waals surface area contributed by atoms with Crippen LogP contribution in [0.15, 0.2) is 23.1 Å². The lowest BCUT2D eigenvalue weighted by molar-refractivity contribution is 0.623. The van der Waals surface area contributed by atoms with Gasteiger partial charge in [0.15, 0.2) is 0 Å². The molecule has 0 heterocycles. The summed E-state index contributed by atoms with van der Waals surface area (Å²) in [5, 5.41) is 8.46. The Morgan fingerprint density at radius 3 is 2.73 bits per heavy atom. The first-order valence-corrected chi connectivity index (χ1v) is 4.23. The maximum atomic E-state index is 12.6. The van der Waals surface area contributed by atoms with Gasteiger partial charge in [-0.25, -0.2) is 4.39 Å². The summed E-state index contributed by atoms with van der Waals surface area (Å²) in [5.41, 5.74) is 0.370. The highest BCUT2D eigenvalue weighted by molar-refractivity contribution is 7.98. The molecule has 1 aromatic carbocycles. The second-order valence-corrected chi connectivity index (χ2v) is 2.87. The summed E-state index contributed by atoms with van der Waals surface area (Å²) in [7, 11) is 0. The third-order valence-corrected chi connectivity index (χ3v) is 1.94. The van der Waals surface area contributed by atoms with E-state index in [0.29, 0.717) is 5.56 Å². The fraction of sp³-hybridized carbons (Fsp3) is 0.125. The molecule has 0 atom stereocenters. The van der Waals surface area contributed by atoms with E-state index in [0.717, 1.165) is 4.90 Å². The quantitative estimate of drug-likeness (QED) is 0.600. The Labute approximate surface area is 68.8 Å². The van der Waals surface area contributed by atoms with Crippen molar-refractivity contribution in [2.45, 2.75) is 4.90 Å². The van der Waals surface area contributed by atoms with E-state index in [-0.39, 0.29) is 5.82 Å². The van der Waals surface area contributed by atoms with Crippen molar-refractivity contribution in [2.24, 2.45) is 0 Å². The van der Waals surface area contributed by atoms with Crippen LogP contribution in [0.4, 0.5) is 4.39 Å². The normalized spacial score (nSPS) is 9.18. The van der Waals surface area contributed by atoms with Gasteiger partial charge in [0, 0.05) is 4.90 Å². The van der Waals surface area contributed by atoms with Crippen LogP contribution in [-0.4, -0.2) is 6.26 Å². The Bertz CT molecular complexity index is 303. The van der Waals surface area contributed by atoms with Gasteiger partial charge in [-0.15, -0.1) is 11.8 Å². The highest BCUT2D eigenvalue weighted by Gasteiger charge is 1.97. The van der Waals surface area contributed by atoms with Crippen molar-refractivity contribution in [1.82, 2.24) is 0 Å². The Morgan fingerprint density at radius 2 is 2.18 bits per heavy atom. The van der Waals surface area contributed by atoms with E-state index in [9.17, 15) is 4.39 Å². The summed E-state index contributed by atoms with van der Waals surface area (Å²) in [6.07, 6.45) is 1.84. The molecule has 0 aliphatic carbocycles. The fourth-order valence-electron chi connectivity index (χ4n) is 0.745. The topological polar surface area (TPSA) is 23.8 Å². The molecule has 11 heavy (non-hydrogen) atoms. The van der Waals surface area contributed by atoms with E-state index < -0.39 is 0 Å². The highest BCUT2D eigenvalue weighted by atomic mass is 32.2. The number of thioether (sulfide) groups is 1. The minimum absolute atomic E-state index is 0.353. The smallest absolute Gasteiger partial charge is 0.125 e. The van der Waals surface area contributed by atoms with E-state index in [1.54, 1.807) is 6.07 Å². The Morgan fingerprint density at radius 1 is 1.45 bits per heavy atom. The van der Waals surface area contributed by atoms with E-state index in [1.165, 1.54) is 23.9 Å². The second kappa shape index (κ2) is 3.40. The average molecular weight is 167 g/mol. The Kier molecular flexibility index (Phi) is 2.50. The van der Waals surface area contributed by atoms with Crippen LogP contribution in [0.1, 0.15) is 5.56 Å². The first kappa shape index (κ1) is 8.09. The van der Waals surface area contributed by atoms with Gasteiger partial charge in [0.05, 0.1) is 11.6 Å². The van der Waals surface area contributed by atoms with Crippen molar-refractivity contribution in [3.63, 3.8) is 0 Å². The van der Waals surface area contributed by atoms with E-state index >= 15 is 0 Å². The summed E-state index contributed by atoms with van der Waals surface area (Å²) >= 11 is 1.42. The number of halogens is 1. The number of hydrogen-bond donors (Lipinski definition) is 0. The molecule has 0 spiro atoms. The minimum atomic E-state index is -0.353. The molecule has 0 fully saturated rings. The van der Waals surface area contributed by atoms with Crippen molar-refractivity contribution in [2.75, 3.05) is 6.26 Å². The molecule has 0 bridgehead atoms. The van der Waals surface area contributed by atoms with Crippen LogP contribution in [0.3, 0.4) is 0 Å². The van der Waals surface area contributed by atoms with E-state index in [2.05, 4.69) is 0 Å². The van der Waals surface area contributed by atoms with E-state index in [4.69, 9.17) is 5.26 Å². The molecule has 0 unspecified atom stereocenters. The summed E-state index contributed by atoms with van der Waals surface area (Å²) < 4.78 is 12.6. The summed E-state index contributed by atoms with van der Waals surface area (Å²) in [4.78, 5) is 0.779. The van der Waals surface area contributed by atoms with Gasteiger partial charge in [-0.3, -0.25) is 0 Å². The number of nitriles is 1. The van der Waals surface area contributed by atoms with E-state index in [1.807, 2.05) is 12.3 Å². The van der Waals surface area contributed by atoms with Crippen molar-refractivity contribution in [3.8, 4) is 6.07 Å². The molecular formula is C8H6FNS. The second-order valence-electron chi connectivity index (χ2n) is 1.99. The lowest BCUT2D eigenvalue weighted by Crippen LogP contribution is -1.80. The van der Waals surface area contributed by atoms with Crippen molar-refractivity contribution >= 4 is 11.8 Å². The van der Waals surface area contributed by atoms with Crippen LogP contribution in [0.5, 0.6) is 0 Å². The zero-order valence-corrected chi connectivity index (χ0v) is 6.78. The first-order chi connectivity index (χ1) is 5.26. The number of nitrogens with zero attached hydrogens (tertiary/aromatic N) is 1. The molecule has 0 N–H and O–H groups in total. The van der Waals surface area contributed by atoms with Gasteiger partial charge in [-0.1, -0.05) is 0 Å². The van der Waals surface area contributed by atoms with Gasteiger partial charge in [-0.2, -0.15) is 5.26 Å². The van der Waals surface area contributed by atoms with Crippen LogP contribution >= 0.6 is 11.8 Å². The third-order valence-electron chi connectivity index (χ3n) is 1.24. The number of rotatable bonds is 1. The average Bonchev–Trinajstić information content (AvgIpc) is 2.03. The Balaban J connectivity index is 3.15. The predicted molar refractivity (Wildman–Crippen MR) is 42.9 cm³/mol. The zero-order chi connectivity index (χ0) is 8.27. The summed E-state index contributed by atoms with van der Waals surface area (Å²) in [5.74, 6) is -0.353. The van der Waals surface area contributed by atoms with Gasteiger partial charge in [-0.05, 0) is 24.5 Å². The van der Waals surface area contributed by atoms with Crippen molar-refractivity contribution in [3.05, 3.63) is 29.6 Å². The molecule has 1 aromatic rings. The molecule has 1 rings (SSSR count). The summed E-state index contributed by atoms with van der Waals surface area (Å²) in [6, 6.07) is 6.18. The molecule has 0 aliphatic rings. The molecule has 3 heteroatoms. The zero-order valence-electron chi connectivity index (χ0n) is 5.97. The van der Waals surface area contributed by atoms with Gasteiger partial charge in [0.1, 0.15) is 5.82 Å². The minimum Gasteiger partial charge on any atom is -0.207 e. The molecule has 0 radical (unpaired) electrons. The molecule has 56 valence electrons. The van der Waals surface area contributed by atoms with Gasteiger partial charge in [0.25, 0.3) is 0 Å². The third kappa shape index (κ3) is 1.95. The molecule has 0 amide bonds. The van der Waals surface area contributed by atoms with Crippen LogP contribution in [0.2, 0.25) is 0 Å². The SMILES string of the molecule is CSc1cc(F)cc(C#N)c1. The monoisotopic (exact) mass is 167 g/mol. The predicted octanol–water partition coefficient (Wildman–Crippen LogP) is 2.42. The largest absolute Gasteiger partial charge is 0.207 e. The maximum Gasteiger partial charge on any atom is 0.125 e. The molecule has 0 aliphatic heterocycles. The van der Waals surface area contributed by atoms with Gasteiger partial charge >= 0.3 is 0 Å². The first-order valence-electron chi connectivity index (χ1n) is 3.01. The number of hydrogen-bond acceptors (Lipinski definition) is 2. The summed E-state index contributed by atoms with van der Waals surface area (Å²) in [6.45, 7) is 0. The molecule has 1 nitrogen and oxygen atoms in total. The molecular weight excluding hydrogens is 161 g/mol. The van der Waals surface area contributed by atoms with Crippen molar-refractivity contribution in [1.29, 1.82) is 5.26 Å². The van der Waals surface area contributed by atoms with Crippen molar-refractivity contribution < 1.29 is 4.39 Å². The van der Waals surface area contributed by atoms with Crippen LogP contribution in [0, 0.1) is 17.1 Å². The molecule has 0 saturated carbocycles. The standard InChI is InChI=1S/C8H6FNS/c1-11-8-3-6(5-10)2-7(9)4-8/h2-4H,1H3. The van der Waals surface area contributed by atoms with Gasteiger partial charge in [0.2, 0.25) is 0 Å². The van der Waals surface area contributed by atoms with Gasteiger partial charge < -0.3 is 0 Å². The lowest BCUT2D eigenvalue weighted by Gasteiger charge is -1.95. The fourth-order valence-corrected chi connectivity index (χ4v) is 1.22. The highest BCUT2D eigenvalue weighted by Crippen LogP contribution is 2.17. The maximum absolute atomic E-state index is 12.6. The van der Waals surface area contributed by atoms with Crippen LogP contribution in [0.25, 0.3) is 0 Å². The Hall–Kier alpha value is -1.01. The van der Waals surface area contributed by atoms with Crippen LogP contribution in [-0.2, 0) is 0 Å². The molecule has 0 aromatic heterocycles. The lowest BCUT2D eigenvalue weighted by atomic mass is 10.2.